The minimum atomic E-state index is -4.75. The minimum absolute atomic E-state index is 0.00338. The third kappa shape index (κ3) is 14.7. The van der Waals surface area contributed by atoms with E-state index in [1.165, 1.54) is 24.5 Å². The molecular weight excluding hydrogens is 1190 g/mol. The van der Waals surface area contributed by atoms with Crippen molar-refractivity contribution >= 4 is 80.4 Å². The van der Waals surface area contributed by atoms with E-state index in [-0.39, 0.29) is 72.1 Å². The molecule has 4 aromatic heterocycles. The molecule has 0 radical (unpaired) electrons. The predicted octanol–water partition coefficient (Wildman–Crippen LogP) is 7.76. The molecule has 1 saturated carbocycles. The number of imidazole rings is 1. The first-order valence-electron chi connectivity index (χ1n) is 31.8. The van der Waals surface area contributed by atoms with Crippen LogP contribution in [0.25, 0.3) is 21.9 Å². The predicted molar refractivity (Wildman–Crippen MR) is 339 cm³/mol. The molecule has 7 heterocycles. The Kier molecular flexibility index (Phi) is 19.2. The molecule has 11 rings (SSSR count). The van der Waals surface area contributed by atoms with Crippen molar-refractivity contribution < 1.29 is 47.0 Å². The molecule has 0 bridgehead atoms. The van der Waals surface area contributed by atoms with Gasteiger partial charge in [-0.1, -0.05) is 30.3 Å². The molecule has 3 aromatic carbocycles. The summed E-state index contributed by atoms with van der Waals surface area (Å²) in [5.41, 5.74) is 7.50. The number of anilines is 4. The van der Waals surface area contributed by atoms with E-state index < -0.39 is 46.9 Å². The van der Waals surface area contributed by atoms with Crippen LogP contribution in [0.2, 0.25) is 0 Å². The number of carbonyl (C=O) groups is 6. The number of nitrogens with one attached hydrogen (secondary N) is 4. The van der Waals surface area contributed by atoms with Crippen LogP contribution in [0.4, 0.5) is 36.2 Å². The van der Waals surface area contributed by atoms with Gasteiger partial charge in [-0.2, -0.15) is 18.3 Å². The molecule has 1 aliphatic carbocycles. The topological polar surface area (TPSA) is 290 Å². The number of imide groups is 1. The van der Waals surface area contributed by atoms with Gasteiger partial charge >= 0.3 is 11.9 Å². The third-order valence-electron chi connectivity index (χ3n) is 18.4. The van der Waals surface area contributed by atoms with Crippen molar-refractivity contribution in [2.45, 2.75) is 134 Å². The van der Waals surface area contributed by atoms with Crippen LogP contribution >= 0.6 is 0 Å². The second-order valence-corrected chi connectivity index (χ2v) is 25.2. The number of piperidine rings is 3. The Morgan fingerprint density at radius 2 is 1.59 bits per heavy atom. The summed E-state index contributed by atoms with van der Waals surface area (Å²) in [5.74, 6) is -1.54. The van der Waals surface area contributed by atoms with Crippen molar-refractivity contribution in [3.63, 3.8) is 0 Å². The van der Waals surface area contributed by atoms with E-state index in [1.54, 1.807) is 29.9 Å². The molecule has 26 heteroatoms. The van der Waals surface area contributed by atoms with E-state index in [1.807, 2.05) is 46.1 Å². The van der Waals surface area contributed by atoms with Gasteiger partial charge in [0.25, 0.3) is 11.8 Å². The first-order valence-corrected chi connectivity index (χ1v) is 31.8. The molecular formula is C66H78F3N15O8. The number of pyridine rings is 1. The SMILES string of the molecule is Cn1c(=O)n(C2CCC(=O)NC2=O)c2cccc(CCCCN(CCNC(=O)C3CCC(n4cc5cc(NC(=O)c6cccc(C(F)(F)F)n6)c(C(C)(C)O)cc5n4)CC3)CC(=O)N3CCC(c4ccc(Nc5nc(N6CCCCC6)cnc5C(N)=O)cc4)CC3)c21. The number of rotatable bonds is 21. The zero-order valence-electron chi connectivity index (χ0n) is 51.9. The number of hydrogen-bond acceptors (Lipinski definition) is 15. The summed E-state index contributed by atoms with van der Waals surface area (Å²) in [6, 6.07) is 19.2. The molecule has 0 spiro atoms. The van der Waals surface area contributed by atoms with Crippen molar-refractivity contribution in [3.8, 4) is 0 Å². The van der Waals surface area contributed by atoms with Crippen molar-refractivity contribution in [1.29, 1.82) is 0 Å². The number of nitrogens with zero attached hydrogens (tertiary/aromatic N) is 10. The lowest BCUT2D eigenvalue weighted by Gasteiger charge is -2.34. The molecule has 23 nitrogen and oxygen atoms in total. The number of unbranched alkanes of at least 4 members (excludes halogenated alkanes) is 1. The van der Waals surface area contributed by atoms with Gasteiger partial charge in [-0.3, -0.25) is 52.8 Å². The molecule has 6 amide bonds. The number of fused-ring (bicyclic) bond motifs is 2. The van der Waals surface area contributed by atoms with Crippen molar-refractivity contribution in [3.05, 3.63) is 129 Å². The van der Waals surface area contributed by atoms with Crippen LogP contribution in [-0.2, 0) is 44.4 Å². The Hall–Kier alpha value is -9.04. The summed E-state index contributed by atoms with van der Waals surface area (Å²) in [6.45, 7) is 7.37. The maximum absolute atomic E-state index is 14.3. The number of aryl methyl sites for hydroxylation is 2. The van der Waals surface area contributed by atoms with Crippen LogP contribution in [0.3, 0.4) is 0 Å². The maximum atomic E-state index is 14.3. The van der Waals surface area contributed by atoms with Gasteiger partial charge in [-0.25, -0.2) is 19.7 Å². The number of carbonyl (C=O) groups excluding carboxylic acids is 6. The molecule has 92 heavy (non-hydrogen) atoms. The number of likely N-dealkylation sites (tertiary alicyclic amines) is 1. The summed E-state index contributed by atoms with van der Waals surface area (Å²) < 4.78 is 45.2. The van der Waals surface area contributed by atoms with Gasteiger partial charge in [0.15, 0.2) is 11.5 Å². The van der Waals surface area contributed by atoms with E-state index >= 15 is 0 Å². The number of aromatic nitrogens is 7. The highest BCUT2D eigenvalue weighted by molar-refractivity contribution is 6.05. The second-order valence-electron chi connectivity index (χ2n) is 25.2. The maximum Gasteiger partial charge on any atom is 0.433 e. The zero-order valence-corrected chi connectivity index (χ0v) is 51.9. The molecule has 486 valence electrons. The first kappa shape index (κ1) is 64.5. The van der Waals surface area contributed by atoms with Crippen LogP contribution in [-0.4, -0.2) is 137 Å². The molecule has 7 N–H and O–H groups in total. The van der Waals surface area contributed by atoms with E-state index in [9.17, 15) is 51.8 Å². The zero-order chi connectivity index (χ0) is 65.0. The van der Waals surface area contributed by atoms with Gasteiger partial charge in [0.2, 0.25) is 23.6 Å². The normalized spacial score (nSPS) is 18.5. The van der Waals surface area contributed by atoms with Crippen molar-refractivity contribution in [2.75, 3.05) is 67.9 Å². The van der Waals surface area contributed by atoms with Gasteiger partial charge in [0.1, 0.15) is 23.2 Å². The Balaban J connectivity index is 0.712. The summed E-state index contributed by atoms with van der Waals surface area (Å²) >= 11 is 0. The van der Waals surface area contributed by atoms with E-state index in [4.69, 9.17) is 15.8 Å². The number of amides is 6. The fraction of sp³-hybridized carbons (Fsp3) is 0.470. The van der Waals surface area contributed by atoms with E-state index in [0.29, 0.717) is 111 Å². The molecule has 1 unspecified atom stereocenters. The highest BCUT2D eigenvalue weighted by Crippen LogP contribution is 2.37. The molecule has 3 aliphatic heterocycles. The lowest BCUT2D eigenvalue weighted by molar-refractivity contribution is -0.141. The van der Waals surface area contributed by atoms with Gasteiger partial charge in [-0.05, 0) is 163 Å². The summed E-state index contributed by atoms with van der Waals surface area (Å²) in [6.07, 6.45) is 8.34. The Bertz CT molecular complexity index is 3970. The molecule has 1 atom stereocenters. The quantitative estimate of drug-likeness (QED) is 0.0296. The van der Waals surface area contributed by atoms with Gasteiger partial charge in [0, 0.05) is 87.2 Å². The Morgan fingerprint density at radius 3 is 2.29 bits per heavy atom. The highest BCUT2D eigenvalue weighted by atomic mass is 19.4. The first-order chi connectivity index (χ1) is 44.1. The lowest BCUT2D eigenvalue weighted by atomic mass is 9.85. The fourth-order valence-corrected chi connectivity index (χ4v) is 13.4. The number of benzene rings is 3. The molecule has 4 aliphatic rings. The largest absolute Gasteiger partial charge is 0.433 e. The average molecular weight is 1270 g/mol. The van der Waals surface area contributed by atoms with Crippen LogP contribution < -0.4 is 37.6 Å². The number of nitrogens with two attached hydrogens (primary N) is 1. The summed E-state index contributed by atoms with van der Waals surface area (Å²) in [5, 5.41) is 28.0. The van der Waals surface area contributed by atoms with Crippen LogP contribution in [0, 0.1) is 5.92 Å². The lowest BCUT2D eigenvalue weighted by Crippen LogP contribution is -2.46. The molecule has 4 fully saturated rings. The van der Waals surface area contributed by atoms with Crippen LogP contribution in [0.15, 0.2) is 90.0 Å². The van der Waals surface area contributed by atoms with Gasteiger partial charge in [0.05, 0.1) is 40.9 Å². The number of halogens is 3. The van der Waals surface area contributed by atoms with Crippen LogP contribution in [0.5, 0.6) is 0 Å². The van der Waals surface area contributed by atoms with Crippen LogP contribution in [0.1, 0.15) is 159 Å². The van der Waals surface area contributed by atoms with E-state index in [0.717, 1.165) is 79.7 Å². The van der Waals surface area contributed by atoms with Crippen molar-refractivity contribution in [1.82, 2.24) is 54.3 Å². The number of para-hydroxylation sites is 1. The minimum Gasteiger partial charge on any atom is -0.386 e. The smallest absolute Gasteiger partial charge is 0.386 e. The standard InChI is InChI=1S/C66H78F3N15O8/c1-65(2,92)47-36-49-44(35-50(47)75-62(89)48-13-10-15-53(74-48)66(67,68)69)38-83(78-49)46-22-18-43(19-23-46)61(88)71-28-34-80(29-8-5-11-42-12-9-14-51-58(42)79(3)64(91)84(51)52-24-25-55(85)77-63(52)90)39-56(86)82-32-26-41(27-33-82)40-16-20-45(21-17-40)73-60-57(59(70)87)72-37-54(76-60)81-30-6-4-7-31-81/h9-10,12-17,20-21,35-38,41,43,46,52,92H,4-8,11,18-19,22-34,39H2,1-3H3,(H2,70,87)(H,71,88)(H,73,76)(H,75,89)(H,77,85,90). The molecule has 3 saturated heterocycles. The monoisotopic (exact) mass is 1270 g/mol. The summed E-state index contributed by atoms with van der Waals surface area (Å²) in [4.78, 5) is 111. The van der Waals surface area contributed by atoms with Gasteiger partial charge < -0.3 is 36.6 Å². The number of alkyl halides is 3. The third-order valence-corrected chi connectivity index (χ3v) is 18.4. The Morgan fingerprint density at radius 1 is 0.848 bits per heavy atom. The molecule has 7 aromatic rings. The fourth-order valence-electron chi connectivity index (χ4n) is 13.4. The van der Waals surface area contributed by atoms with Crippen molar-refractivity contribution in [2.24, 2.45) is 18.7 Å². The number of aliphatic hydroxyl groups is 1. The Labute approximate surface area is 529 Å². The summed E-state index contributed by atoms with van der Waals surface area (Å²) in [7, 11) is 1.69. The second kappa shape index (κ2) is 27.4. The average Bonchev–Trinajstić information content (AvgIpc) is 1.60. The number of primary amides is 1. The van der Waals surface area contributed by atoms with Gasteiger partial charge in [-0.15, -0.1) is 0 Å². The highest BCUT2D eigenvalue weighted by Gasteiger charge is 2.35. The van der Waals surface area contributed by atoms with E-state index in [2.05, 4.69) is 53.2 Å². The number of hydrogen-bond donors (Lipinski definition) is 6.